The number of pyridine rings is 1. The molecule has 0 aliphatic carbocycles. The van der Waals surface area contributed by atoms with E-state index >= 15 is 0 Å². The van der Waals surface area contributed by atoms with Crippen LogP contribution in [0.4, 0.5) is 0 Å². The molecule has 148 valence electrons. The van der Waals surface area contributed by atoms with Crippen LogP contribution in [0, 0.1) is 12.8 Å². The van der Waals surface area contributed by atoms with Crippen LogP contribution < -0.4 is 5.56 Å². The average molecular weight is 387 g/mol. The molecule has 4 aromatic rings. The number of hydrogen-bond acceptors (Lipinski definition) is 4. The molecule has 1 aromatic carbocycles. The number of para-hydroxylation sites is 1. The Morgan fingerprint density at radius 2 is 1.83 bits per heavy atom. The van der Waals surface area contributed by atoms with Crippen LogP contribution in [0.15, 0.2) is 59.7 Å². The Morgan fingerprint density at radius 3 is 2.66 bits per heavy atom. The highest BCUT2D eigenvalue weighted by Gasteiger charge is 2.22. The van der Waals surface area contributed by atoms with Crippen molar-refractivity contribution < 1.29 is 0 Å². The van der Waals surface area contributed by atoms with E-state index in [2.05, 4.69) is 20.5 Å². The van der Waals surface area contributed by atoms with E-state index in [1.165, 1.54) is 0 Å². The number of benzene rings is 1. The molecular weight excluding hydrogens is 362 g/mol. The first-order valence-electron chi connectivity index (χ1n) is 10.3. The molecule has 0 saturated carbocycles. The van der Waals surface area contributed by atoms with Gasteiger partial charge < -0.3 is 4.40 Å². The lowest BCUT2D eigenvalue weighted by Gasteiger charge is -2.32. The fraction of sp³-hybridized carbons (Fsp3) is 0.348. The highest BCUT2D eigenvalue weighted by atomic mass is 16.1. The Morgan fingerprint density at radius 1 is 1.03 bits per heavy atom. The van der Waals surface area contributed by atoms with Crippen molar-refractivity contribution in [2.75, 3.05) is 13.1 Å². The number of fused-ring (bicyclic) bond motifs is 2. The normalized spacial score (nSPS) is 16.0. The minimum atomic E-state index is 0.0835. The monoisotopic (exact) mass is 387 g/mol. The van der Waals surface area contributed by atoms with Crippen molar-refractivity contribution in [3.05, 3.63) is 76.7 Å². The number of imidazole rings is 1. The maximum Gasteiger partial charge on any atom is 0.261 e. The second-order valence-electron chi connectivity index (χ2n) is 8.01. The summed E-state index contributed by atoms with van der Waals surface area (Å²) in [6, 6.07) is 13.7. The third kappa shape index (κ3) is 3.56. The van der Waals surface area contributed by atoms with Gasteiger partial charge in [-0.25, -0.2) is 9.97 Å². The van der Waals surface area contributed by atoms with Crippen LogP contribution in [0.1, 0.15) is 24.4 Å². The molecular formula is C23H25N5O. The van der Waals surface area contributed by atoms with Gasteiger partial charge >= 0.3 is 0 Å². The predicted octanol–water partition coefficient (Wildman–Crippen LogP) is 3.26. The predicted molar refractivity (Wildman–Crippen MR) is 114 cm³/mol. The highest BCUT2D eigenvalue weighted by Crippen LogP contribution is 2.21. The Balaban J connectivity index is 1.25. The van der Waals surface area contributed by atoms with Gasteiger partial charge in [-0.2, -0.15) is 0 Å². The molecule has 0 atom stereocenters. The van der Waals surface area contributed by atoms with E-state index in [0.717, 1.165) is 61.7 Å². The van der Waals surface area contributed by atoms with Gasteiger partial charge in [-0.1, -0.05) is 18.2 Å². The SMILES string of the molecule is Cc1nc2ccccc2c(=O)n1CC1CCN(Cc2cn3ccccc3n2)CC1. The zero-order valence-corrected chi connectivity index (χ0v) is 16.7. The summed E-state index contributed by atoms with van der Waals surface area (Å²) >= 11 is 0. The van der Waals surface area contributed by atoms with Gasteiger partial charge in [-0.3, -0.25) is 14.3 Å². The highest BCUT2D eigenvalue weighted by molar-refractivity contribution is 5.77. The molecule has 3 aromatic heterocycles. The summed E-state index contributed by atoms with van der Waals surface area (Å²) in [5, 5.41) is 0.711. The zero-order chi connectivity index (χ0) is 19.8. The number of rotatable bonds is 4. The van der Waals surface area contributed by atoms with Crippen LogP contribution in [-0.2, 0) is 13.1 Å². The first kappa shape index (κ1) is 18.1. The van der Waals surface area contributed by atoms with Crippen LogP contribution in [0.25, 0.3) is 16.6 Å². The second kappa shape index (κ2) is 7.44. The zero-order valence-electron chi connectivity index (χ0n) is 16.7. The van der Waals surface area contributed by atoms with Crippen molar-refractivity contribution in [3.8, 4) is 0 Å². The maximum atomic E-state index is 12.9. The van der Waals surface area contributed by atoms with Crippen molar-refractivity contribution in [3.63, 3.8) is 0 Å². The van der Waals surface area contributed by atoms with Gasteiger partial charge in [0.15, 0.2) is 0 Å². The molecule has 0 radical (unpaired) electrons. The fourth-order valence-electron chi connectivity index (χ4n) is 4.37. The van der Waals surface area contributed by atoms with Gasteiger partial charge in [0.25, 0.3) is 5.56 Å². The average Bonchev–Trinajstić information content (AvgIpc) is 3.14. The van der Waals surface area contributed by atoms with E-state index in [-0.39, 0.29) is 5.56 Å². The molecule has 0 spiro atoms. The lowest BCUT2D eigenvalue weighted by atomic mass is 9.96. The number of nitrogens with zero attached hydrogens (tertiary/aromatic N) is 5. The molecule has 0 unspecified atom stereocenters. The molecule has 1 fully saturated rings. The molecule has 1 saturated heterocycles. The molecule has 0 bridgehead atoms. The molecule has 1 aliphatic heterocycles. The maximum absolute atomic E-state index is 12.9. The summed E-state index contributed by atoms with van der Waals surface area (Å²) in [6.07, 6.45) is 6.33. The van der Waals surface area contributed by atoms with Gasteiger partial charge in [0.2, 0.25) is 0 Å². The number of aromatic nitrogens is 4. The van der Waals surface area contributed by atoms with Crippen LogP contribution in [0.3, 0.4) is 0 Å². The Kier molecular flexibility index (Phi) is 4.64. The summed E-state index contributed by atoms with van der Waals surface area (Å²) in [5.74, 6) is 1.31. The fourth-order valence-corrected chi connectivity index (χ4v) is 4.37. The number of aryl methyl sites for hydroxylation is 1. The van der Waals surface area contributed by atoms with Crippen molar-refractivity contribution in [1.29, 1.82) is 0 Å². The quantitative estimate of drug-likeness (QED) is 0.539. The molecule has 0 N–H and O–H groups in total. The molecule has 4 heterocycles. The number of piperidine rings is 1. The van der Waals surface area contributed by atoms with E-state index in [9.17, 15) is 4.79 Å². The van der Waals surface area contributed by atoms with E-state index in [1.54, 1.807) is 0 Å². The smallest absolute Gasteiger partial charge is 0.261 e. The van der Waals surface area contributed by atoms with Gasteiger partial charge in [-0.15, -0.1) is 0 Å². The largest absolute Gasteiger partial charge is 0.307 e. The van der Waals surface area contributed by atoms with Crippen molar-refractivity contribution in [2.24, 2.45) is 5.92 Å². The van der Waals surface area contributed by atoms with Crippen molar-refractivity contribution in [1.82, 2.24) is 23.8 Å². The number of hydrogen-bond donors (Lipinski definition) is 0. The van der Waals surface area contributed by atoms with Gasteiger partial charge in [0.1, 0.15) is 11.5 Å². The summed E-state index contributed by atoms with van der Waals surface area (Å²) in [4.78, 5) is 24.7. The summed E-state index contributed by atoms with van der Waals surface area (Å²) in [5.41, 5.74) is 2.98. The minimum absolute atomic E-state index is 0.0835. The Labute approximate surface area is 169 Å². The van der Waals surface area contributed by atoms with E-state index < -0.39 is 0 Å². The molecule has 6 nitrogen and oxygen atoms in total. The summed E-state index contributed by atoms with van der Waals surface area (Å²) in [6.45, 7) is 5.64. The van der Waals surface area contributed by atoms with Crippen LogP contribution in [0.2, 0.25) is 0 Å². The lowest BCUT2D eigenvalue weighted by Crippen LogP contribution is -2.36. The molecule has 0 amide bonds. The van der Waals surface area contributed by atoms with Crippen molar-refractivity contribution in [2.45, 2.75) is 32.9 Å². The van der Waals surface area contributed by atoms with Gasteiger partial charge in [-0.05, 0) is 63.0 Å². The summed E-state index contributed by atoms with van der Waals surface area (Å²) < 4.78 is 3.94. The van der Waals surface area contributed by atoms with Crippen LogP contribution in [0.5, 0.6) is 0 Å². The van der Waals surface area contributed by atoms with E-state index in [0.29, 0.717) is 11.3 Å². The third-order valence-corrected chi connectivity index (χ3v) is 6.00. The standard InChI is InChI=1S/C23H25N5O/c1-17-24-21-7-3-2-6-20(21)23(29)28(17)14-18-9-12-26(13-10-18)15-19-16-27-11-5-4-8-22(27)25-19/h2-8,11,16,18H,9-10,12-15H2,1H3. The first-order valence-corrected chi connectivity index (χ1v) is 10.3. The van der Waals surface area contributed by atoms with E-state index in [1.807, 2.05) is 60.2 Å². The molecule has 5 rings (SSSR count). The van der Waals surface area contributed by atoms with Gasteiger partial charge in [0, 0.05) is 25.5 Å². The van der Waals surface area contributed by atoms with Crippen LogP contribution in [-0.4, -0.2) is 36.9 Å². The van der Waals surface area contributed by atoms with Crippen LogP contribution >= 0.6 is 0 Å². The second-order valence-corrected chi connectivity index (χ2v) is 8.01. The first-order chi connectivity index (χ1) is 14.2. The van der Waals surface area contributed by atoms with E-state index in [4.69, 9.17) is 4.98 Å². The third-order valence-electron chi connectivity index (χ3n) is 6.00. The lowest BCUT2D eigenvalue weighted by molar-refractivity contribution is 0.164. The minimum Gasteiger partial charge on any atom is -0.307 e. The Hall–Kier alpha value is -2.99. The summed E-state index contributed by atoms with van der Waals surface area (Å²) in [7, 11) is 0. The molecule has 1 aliphatic rings. The van der Waals surface area contributed by atoms with Crippen molar-refractivity contribution >= 4 is 16.6 Å². The molecule has 29 heavy (non-hydrogen) atoms. The van der Waals surface area contributed by atoms with Gasteiger partial charge in [0.05, 0.1) is 16.6 Å². The molecule has 6 heteroatoms. The topological polar surface area (TPSA) is 55.4 Å². The Bertz CT molecular complexity index is 1180. The number of likely N-dealkylation sites (tertiary alicyclic amines) is 1.